The van der Waals surface area contributed by atoms with Gasteiger partial charge in [0.05, 0.1) is 17.3 Å². The maximum atomic E-state index is 4.57. The molecule has 6 heterocycles. The number of aromatic amines is 1. The topological polar surface area (TPSA) is 80.6 Å². The van der Waals surface area contributed by atoms with Crippen LogP contribution in [0.25, 0.3) is 39.0 Å². The minimum atomic E-state index is 0.671. The summed E-state index contributed by atoms with van der Waals surface area (Å²) in [5.74, 6) is 0.671. The lowest BCUT2D eigenvalue weighted by molar-refractivity contribution is -0.774. The summed E-state index contributed by atoms with van der Waals surface area (Å²) in [6.45, 7) is 0. The van der Waals surface area contributed by atoms with Gasteiger partial charge in [-0.3, -0.25) is 9.38 Å². The molecule has 0 fully saturated rings. The van der Waals surface area contributed by atoms with E-state index in [1.165, 1.54) is 0 Å². The van der Waals surface area contributed by atoms with E-state index >= 15 is 0 Å². The Morgan fingerprint density at radius 2 is 2.00 bits per heavy atom. The molecule has 8 heteroatoms. The van der Waals surface area contributed by atoms with Crippen molar-refractivity contribution < 1.29 is 4.79 Å². The third-order valence-electron chi connectivity index (χ3n) is 4.63. The van der Waals surface area contributed by atoms with Crippen molar-refractivity contribution in [2.45, 2.75) is 0 Å². The van der Waals surface area contributed by atoms with E-state index in [4.69, 9.17) is 0 Å². The van der Waals surface area contributed by atoms with Gasteiger partial charge in [-0.05, 0) is 24.3 Å². The van der Waals surface area contributed by atoms with Gasteiger partial charge >= 0.3 is 0 Å². The van der Waals surface area contributed by atoms with E-state index in [1.54, 1.807) is 12.4 Å². The van der Waals surface area contributed by atoms with Gasteiger partial charge in [0.1, 0.15) is 5.52 Å². The zero-order valence-corrected chi connectivity index (χ0v) is 14.1. The van der Waals surface area contributed by atoms with Gasteiger partial charge in [0.25, 0.3) is 0 Å². The number of fused-ring (bicyclic) bond motifs is 3. The van der Waals surface area contributed by atoms with Crippen LogP contribution in [0.5, 0.6) is 0 Å². The Labute approximate surface area is 152 Å². The molecule has 0 aliphatic carbocycles. The monoisotopic (exact) mass is 353 g/mol. The minimum Gasteiger partial charge on any atom is -0.291 e. The number of aromatic nitrogens is 8. The molecule has 6 aromatic heterocycles. The summed E-state index contributed by atoms with van der Waals surface area (Å²) in [5, 5.41) is 5.38. The molecular weight excluding hydrogens is 340 g/mol. The molecule has 0 aliphatic heterocycles. The molecule has 0 saturated carbocycles. The number of hydrogen-bond acceptors (Lipinski definition) is 4. The molecule has 6 aromatic rings. The van der Waals surface area contributed by atoms with Crippen LogP contribution in [0.2, 0.25) is 0 Å². The Hall–Kier alpha value is -4.07. The molecule has 0 atom stereocenters. The molecule has 0 aliphatic rings. The van der Waals surface area contributed by atoms with Gasteiger partial charge in [-0.25, -0.2) is 15.0 Å². The minimum absolute atomic E-state index is 0.671. The molecule has 8 nitrogen and oxygen atoms in total. The molecule has 0 amide bonds. The fourth-order valence-corrected chi connectivity index (χ4v) is 3.33. The summed E-state index contributed by atoms with van der Waals surface area (Å²) in [6, 6.07) is 7.97. The maximum absolute atomic E-state index is 4.57. The second-order valence-corrected chi connectivity index (χ2v) is 6.30. The van der Waals surface area contributed by atoms with Crippen LogP contribution in [0.3, 0.4) is 0 Å². The molecule has 128 valence electrons. The molecule has 0 unspecified atom stereocenters. The molecular formula is C19H13N8+. The third kappa shape index (κ3) is 2.13. The van der Waals surface area contributed by atoms with Gasteiger partial charge in [0, 0.05) is 52.9 Å². The number of nitrogens with one attached hydrogen (secondary N) is 1. The average Bonchev–Trinajstić information content (AvgIpc) is 3.42. The Balaban J connectivity index is 1.49. The molecule has 0 radical (unpaired) electrons. The molecule has 0 saturated heterocycles. The Morgan fingerprint density at radius 1 is 1.00 bits per heavy atom. The van der Waals surface area contributed by atoms with Gasteiger partial charge in [0.2, 0.25) is 17.6 Å². The van der Waals surface area contributed by atoms with E-state index in [0.29, 0.717) is 5.78 Å². The van der Waals surface area contributed by atoms with Crippen molar-refractivity contribution in [1.82, 2.24) is 34.1 Å². The van der Waals surface area contributed by atoms with E-state index in [1.807, 2.05) is 69.2 Å². The molecule has 0 aromatic carbocycles. The fourth-order valence-electron chi connectivity index (χ4n) is 3.33. The molecule has 0 spiro atoms. The smallest absolute Gasteiger partial charge is 0.240 e. The normalized spacial score (nSPS) is 11.7. The van der Waals surface area contributed by atoms with E-state index in [-0.39, 0.29) is 0 Å². The average molecular weight is 353 g/mol. The van der Waals surface area contributed by atoms with E-state index in [9.17, 15) is 0 Å². The van der Waals surface area contributed by atoms with Gasteiger partial charge in [0.15, 0.2) is 0 Å². The van der Waals surface area contributed by atoms with Gasteiger partial charge in [-0.1, -0.05) is 4.68 Å². The lowest BCUT2D eigenvalue weighted by Crippen LogP contribution is -2.42. The van der Waals surface area contributed by atoms with Gasteiger partial charge in [-0.15, -0.1) is 5.10 Å². The Bertz CT molecular complexity index is 1410. The number of rotatable bonds is 2. The zero-order chi connectivity index (χ0) is 17.8. The highest BCUT2D eigenvalue weighted by atomic mass is 15.6. The number of nitrogens with zero attached hydrogens (tertiary/aromatic N) is 7. The zero-order valence-electron chi connectivity index (χ0n) is 14.1. The van der Waals surface area contributed by atoms with Crippen LogP contribution in [-0.4, -0.2) is 34.1 Å². The van der Waals surface area contributed by atoms with Crippen molar-refractivity contribution in [2.75, 3.05) is 0 Å². The van der Waals surface area contributed by atoms with Crippen LogP contribution >= 0.6 is 0 Å². The van der Waals surface area contributed by atoms with Crippen molar-refractivity contribution in [3.05, 3.63) is 73.8 Å². The summed E-state index contributed by atoms with van der Waals surface area (Å²) in [5.41, 5.74) is 3.65. The van der Waals surface area contributed by atoms with E-state index < -0.39 is 0 Å². The van der Waals surface area contributed by atoms with Crippen molar-refractivity contribution in [3.8, 4) is 11.3 Å². The molecule has 0 bridgehead atoms. The quantitative estimate of drug-likeness (QED) is 0.484. The van der Waals surface area contributed by atoms with Crippen molar-refractivity contribution >= 4 is 27.7 Å². The third-order valence-corrected chi connectivity index (χ3v) is 4.63. The highest BCUT2D eigenvalue weighted by Crippen LogP contribution is 2.21. The summed E-state index contributed by atoms with van der Waals surface area (Å²) in [4.78, 5) is 19.5. The summed E-state index contributed by atoms with van der Waals surface area (Å²) in [6.07, 6.45) is 15.1. The largest absolute Gasteiger partial charge is 0.291 e. The summed E-state index contributed by atoms with van der Waals surface area (Å²) in [7, 11) is 0. The van der Waals surface area contributed by atoms with Gasteiger partial charge in [-0.2, -0.15) is 0 Å². The van der Waals surface area contributed by atoms with Crippen LogP contribution < -0.4 is 4.79 Å². The van der Waals surface area contributed by atoms with E-state index in [2.05, 4.69) is 31.1 Å². The van der Waals surface area contributed by atoms with Crippen LogP contribution in [0.15, 0.2) is 73.8 Å². The first-order chi connectivity index (χ1) is 13.3. The molecule has 6 rings (SSSR count). The predicted octanol–water partition coefficient (Wildman–Crippen LogP) is 2.22. The van der Waals surface area contributed by atoms with Crippen molar-refractivity contribution in [3.63, 3.8) is 0 Å². The first-order valence-corrected chi connectivity index (χ1v) is 8.47. The highest BCUT2D eigenvalue weighted by Gasteiger charge is 2.15. The number of hydrogen-bond donors (Lipinski definition) is 1. The van der Waals surface area contributed by atoms with Crippen LogP contribution in [0.4, 0.5) is 0 Å². The van der Waals surface area contributed by atoms with Gasteiger partial charge < -0.3 is 0 Å². The molecule has 27 heavy (non-hydrogen) atoms. The van der Waals surface area contributed by atoms with Crippen LogP contribution in [0.1, 0.15) is 0 Å². The standard InChI is InChI=1S/C19H12N8/c1-4-21-19-23-16(12-25(19)6-1)14-8-15-11-27(24-18(15)22-10-14)26-7-3-13-9-20-5-2-17(13)26/h1-12H/p+1. The van der Waals surface area contributed by atoms with Crippen LogP contribution in [-0.2, 0) is 0 Å². The van der Waals surface area contributed by atoms with Crippen molar-refractivity contribution in [2.24, 2.45) is 0 Å². The lowest BCUT2D eigenvalue weighted by atomic mass is 10.2. The first-order valence-electron chi connectivity index (χ1n) is 8.47. The maximum Gasteiger partial charge on any atom is 0.240 e. The number of H-pyrrole nitrogens is 1. The predicted molar refractivity (Wildman–Crippen MR) is 98.8 cm³/mol. The first kappa shape index (κ1) is 14.1. The lowest BCUT2D eigenvalue weighted by Gasteiger charge is -1.93. The highest BCUT2D eigenvalue weighted by molar-refractivity contribution is 5.80. The Kier molecular flexibility index (Phi) is 2.73. The van der Waals surface area contributed by atoms with E-state index in [0.717, 1.165) is 33.2 Å². The second-order valence-electron chi connectivity index (χ2n) is 6.30. The summed E-state index contributed by atoms with van der Waals surface area (Å²) < 4.78 is 3.92. The second kappa shape index (κ2) is 5.21. The Morgan fingerprint density at radius 3 is 2.96 bits per heavy atom. The molecule has 1 N–H and O–H groups in total. The SMILES string of the molecule is c1cnc2nc(-c3cnc4[nH][n+](-n5ccc6cnccc65)cc4c3)cn2c1. The van der Waals surface area contributed by atoms with Crippen LogP contribution in [0, 0.1) is 0 Å². The summed E-state index contributed by atoms with van der Waals surface area (Å²) >= 11 is 0. The van der Waals surface area contributed by atoms with Crippen molar-refractivity contribution in [1.29, 1.82) is 0 Å². The fraction of sp³-hybridized carbons (Fsp3) is 0. The number of imidazole rings is 1. The number of pyridine rings is 2.